The molecule has 0 aliphatic carbocycles. The monoisotopic (exact) mass is 420 g/mol. The third kappa shape index (κ3) is 7.25. The average Bonchev–Trinajstić information content (AvgIpc) is 3.10. The van der Waals surface area contributed by atoms with E-state index in [-0.39, 0.29) is 49.0 Å². The van der Waals surface area contributed by atoms with E-state index in [4.69, 9.17) is 0 Å². The largest absolute Gasteiger partial charge is 0.340 e. The Hall–Kier alpha value is -1.41. The van der Waals surface area contributed by atoms with Crippen molar-refractivity contribution in [1.29, 1.82) is 0 Å². The van der Waals surface area contributed by atoms with Crippen molar-refractivity contribution >= 4 is 42.3 Å². The summed E-state index contributed by atoms with van der Waals surface area (Å²) in [6.45, 7) is 4.00. The summed E-state index contributed by atoms with van der Waals surface area (Å²) in [7, 11) is 0. The highest BCUT2D eigenvalue weighted by molar-refractivity contribution is 5.92. The van der Waals surface area contributed by atoms with E-state index in [1.165, 1.54) is 12.1 Å². The number of hydrogen-bond acceptors (Lipinski definition) is 4. The topological polar surface area (TPSA) is 64.7 Å². The molecule has 152 valence electrons. The maximum atomic E-state index is 12.9. The molecule has 0 radical (unpaired) electrons. The minimum Gasteiger partial charge on any atom is -0.340 e. The number of hydrogen-bond donors (Lipinski definition) is 2. The van der Waals surface area contributed by atoms with Crippen LogP contribution >= 0.6 is 24.8 Å². The Morgan fingerprint density at radius 3 is 2.37 bits per heavy atom. The van der Waals surface area contributed by atoms with Crippen LogP contribution in [-0.4, -0.2) is 66.9 Å². The highest BCUT2D eigenvalue weighted by Gasteiger charge is 2.25. The summed E-state index contributed by atoms with van der Waals surface area (Å²) in [5.41, 5.74) is 0.587. The van der Waals surface area contributed by atoms with E-state index >= 15 is 0 Å². The Bertz CT molecular complexity index is 604. The molecule has 1 aromatic rings. The smallest absolute Gasteiger partial charge is 0.238 e. The van der Waals surface area contributed by atoms with Gasteiger partial charge in [-0.15, -0.1) is 24.8 Å². The van der Waals surface area contributed by atoms with Gasteiger partial charge in [0.1, 0.15) is 5.82 Å². The number of carbonyl (C=O) groups excluding carboxylic acids is 2. The molecule has 2 amide bonds. The Morgan fingerprint density at radius 1 is 1.11 bits per heavy atom. The second-order valence-electron chi connectivity index (χ2n) is 6.71. The van der Waals surface area contributed by atoms with Gasteiger partial charge in [-0.1, -0.05) is 0 Å². The van der Waals surface area contributed by atoms with Crippen molar-refractivity contribution in [1.82, 2.24) is 15.1 Å². The van der Waals surface area contributed by atoms with Crippen LogP contribution in [0, 0.1) is 5.82 Å². The molecule has 1 aromatic carbocycles. The molecule has 9 heteroatoms. The summed E-state index contributed by atoms with van der Waals surface area (Å²) in [6.07, 6.45) is 2.80. The Labute approximate surface area is 171 Å². The number of amides is 2. The Balaban J connectivity index is 0.00000182. The molecule has 3 rings (SSSR count). The fourth-order valence-electron chi connectivity index (χ4n) is 3.36. The van der Waals surface area contributed by atoms with Crippen LogP contribution in [0.5, 0.6) is 0 Å². The van der Waals surface area contributed by atoms with Gasteiger partial charge in [0, 0.05) is 44.3 Å². The first-order valence-corrected chi connectivity index (χ1v) is 8.89. The zero-order valence-corrected chi connectivity index (χ0v) is 16.8. The molecule has 0 aromatic heterocycles. The van der Waals surface area contributed by atoms with Gasteiger partial charge < -0.3 is 15.5 Å². The van der Waals surface area contributed by atoms with Crippen LogP contribution in [0.25, 0.3) is 0 Å². The predicted octanol–water partition coefficient (Wildman–Crippen LogP) is 1.89. The van der Waals surface area contributed by atoms with Crippen molar-refractivity contribution in [2.45, 2.75) is 25.3 Å². The number of rotatable bonds is 5. The van der Waals surface area contributed by atoms with Crippen LogP contribution in [0.2, 0.25) is 0 Å². The van der Waals surface area contributed by atoms with E-state index in [0.29, 0.717) is 44.3 Å². The predicted molar refractivity (Wildman–Crippen MR) is 108 cm³/mol. The second kappa shape index (κ2) is 11.4. The third-order valence-electron chi connectivity index (χ3n) is 4.80. The first kappa shape index (κ1) is 23.6. The summed E-state index contributed by atoms with van der Waals surface area (Å²) in [4.78, 5) is 28.3. The highest BCUT2D eigenvalue weighted by atomic mass is 35.5. The Kier molecular flexibility index (Phi) is 10.0. The molecule has 2 N–H and O–H groups in total. The van der Waals surface area contributed by atoms with Gasteiger partial charge in [0.2, 0.25) is 11.8 Å². The number of nitrogens with one attached hydrogen (secondary N) is 2. The van der Waals surface area contributed by atoms with Gasteiger partial charge >= 0.3 is 0 Å². The molecule has 0 spiro atoms. The quantitative estimate of drug-likeness (QED) is 0.763. The van der Waals surface area contributed by atoms with Gasteiger partial charge in [0.15, 0.2) is 0 Å². The summed E-state index contributed by atoms with van der Waals surface area (Å²) in [5.74, 6) is -0.247. The molecule has 2 heterocycles. The van der Waals surface area contributed by atoms with Crippen molar-refractivity contribution < 1.29 is 14.0 Å². The molecule has 2 fully saturated rings. The van der Waals surface area contributed by atoms with Crippen LogP contribution in [0.15, 0.2) is 24.3 Å². The van der Waals surface area contributed by atoms with Crippen molar-refractivity contribution in [3.8, 4) is 0 Å². The first-order valence-electron chi connectivity index (χ1n) is 8.89. The van der Waals surface area contributed by atoms with Gasteiger partial charge in [-0.25, -0.2) is 4.39 Å². The first-order chi connectivity index (χ1) is 12.1. The fraction of sp³-hybridized carbons (Fsp3) is 0.556. The summed E-state index contributed by atoms with van der Waals surface area (Å²) in [5, 5.41) is 6.12. The van der Waals surface area contributed by atoms with E-state index in [9.17, 15) is 14.0 Å². The zero-order chi connectivity index (χ0) is 17.6. The molecule has 27 heavy (non-hydrogen) atoms. The van der Waals surface area contributed by atoms with E-state index in [1.54, 1.807) is 12.1 Å². The lowest BCUT2D eigenvalue weighted by molar-refractivity contribution is -0.133. The van der Waals surface area contributed by atoms with Crippen LogP contribution in [0.1, 0.15) is 19.3 Å². The average molecular weight is 421 g/mol. The summed E-state index contributed by atoms with van der Waals surface area (Å²) >= 11 is 0. The van der Waals surface area contributed by atoms with Gasteiger partial charge in [-0.3, -0.25) is 14.5 Å². The second-order valence-corrected chi connectivity index (χ2v) is 6.71. The molecule has 2 aliphatic rings. The van der Waals surface area contributed by atoms with Crippen molar-refractivity contribution in [2.24, 2.45) is 0 Å². The number of carbonyl (C=O) groups is 2. The van der Waals surface area contributed by atoms with Crippen molar-refractivity contribution in [3.63, 3.8) is 0 Å². The molecule has 6 nitrogen and oxygen atoms in total. The van der Waals surface area contributed by atoms with E-state index in [0.717, 1.165) is 19.4 Å². The number of piperazine rings is 1. The van der Waals surface area contributed by atoms with Gasteiger partial charge in [0.05, 0.1) is 6.54 Å². The maximum Gasteiger partial charge on any atom is 0.238 e. The van der Waals surface area contributed by atoms with E-state index in [1.807, 2.05) is 9.80 Å². The number of anilines is 1. The lowest BCUT2D eigenvalue weighted by Crippen LogP contribution is -2.51. The lowest BCUT2D eigenvalue weighted by Gasteiger charge is -2.34. The normalized spacial score (nSPS) is 19.7. The van der Waals surface area contributed by atoms with Gasteiger partial charge in [-0.05, 0) is 43.7 Å². The van der Waals surface area contributed by atoms with Crippen LogP contribution in [0.3, 0.4) is 0 Å². The SMILES string of the molecule is Cl.Cl.O=C(CN1CCN(C(=O)CC2CCCN2)CC1)Nc1ccc(F)cc1. The van der Waals surface area contributed by atoms with Crippen LogP contribution in [-0.2, 0) is 9.59 Å². The molecule has 1 atom stereocenters. The molecule has 2 aliphatic heterocycles. The zero-order valence-electron chi connectivity index (χ0n) is 15.2. The third-order valence-corrected chi connectivity index (χ3v) is 4.80. The molecular weight excluding hydrogens is 394 g/mol. The molecule has 1 unspecified atom stereocenters. The summed E-state index contributed by atoms with van der Waals surface area (Å²) < 4.78 is 12.9. The minimum absolute atomic E-state index is 0. The van der Waals surface area contributed by atoms with Crippen LogP contribution < -0.4 is 10.6 Å². The van der Waals surface area contributed by atoms with Crippen molar-refractivity contribution in [2.75, 3.05) is 44.6 Å². The number of benzene rings is 1. The minimum atomic E-state index is -0.327. The number of halogens is 3. The van der Waals surface area contributed by atoms with Crippen LogP contribution in [0.4, 0.5) is 10.1 Å². The molecule has 0 saturated carbocycles. The van der Waals surface area contributed by atoms with Crippen molar-refractivity contribution in [3.05, 3.63) is 30.1 Å². The van der Waals surface area contributed by atoms with E-state index in [2.05, 4.69) is 10.6 Å². The highest BCUT2D eigenvalue weighted by Crippen LogP contribution is 2.12. The number of nitrogens with zero attached hydrogens (tertiary/aromatic N) is 2. The lowest BCUT2D eigenvalue weighted by atomic mass is 10.1. The molecule has 2 saturated heterocycles. The van der Waals surface area contributed by atoms with Gasteiger partial charge in [0.25, 0.3) is 0 Å². The van der Waals surface area contributed by atoms with E-state index < -0.39 is 0 Å². The fourth-order valence-corrected chi connectivity index (χ4v) is 3.36. The Morgan fingerprint density at radius 2 is 1.78 bits per heavy atom. The molecule has 0 bridgehead atoms. The van der Waals surface area contributed by atoms with Gasteiger partial charge in [-0.2, -0.15) is 0 Å². The maximum absolute atomic E-state index is 12.9. The summed E-state index contributed by atoms with van der Waals surface area (Å²) in [6, 6.07) is 6.05. The standard InChI is InChI=1S/C18H25FN4O2.2ClH/c19-14-3-5-15(6-4-14)21-17(24)13-22-8-10-23(11-9-22)18(25)12-16-2-1-7-20-16;;/h3-6,16,20H,1-2,7-13H2,(H,21,24);2*1H. The molecular formula is C18H27Cl2FN4O2.